The predicted octanol–water partition coefficient (Wildman–Crippen LogP) is 3.35. The molecule has 0 spiro atoms. The molecule has 2 aromatic carbocycles. The third kappa shape index (κ3) is 4.38. The van der Waals surface area contributed by atoms with Gasteiger partial charge in [-0.15, -0.1) is 0 Å². The van der Waals surface area contributed by atoms with Crippen LogP contribution in [0.3, 0.4) is 0 Å². The first kappa shape index (κ1) is 14.6. The number of nitrogens with two attached hydrogens (primary N) is 1. The molecule has 104 valence electrons. The van der Waals surface area contributed by atoms with E-state index in [-0.39, 0.29) is 11.9 Å². The van der Waals surface area contributed by atoms with Crippen LogP contribution in [0.15, 0.2) is 59.1 Å². The highest BCUT2D eigenvalue weighted by Crippen LogP contribution is 2.16. The predicted molar refractivity (Wildman–Crippen MR) is 85.5 cm³/mol. The topological polar surface area (TPSA) is 55.1 Å². The number of carbonyl (C=O) groups is 1. The molecule has 0 radical (unpaired) electrons. The largest absolute Gasteiger partial charge is 0.374 e. The highest BCUT2D eigenvalue weighted by Gasteiger charge is 2.14. The Bertz CT molecular complexity index is 554. The van der Waals surface area contributed by atoms with Gasteiger partial charge in [0.2, 0.25) is 5.91 Å². The third-order valence-corrected chi connectivity index (χ3v) is 3.62. The van der Waals surface area contributed by atoms with Gasteiger partial charge in [0.1, 0.15) is 6.04 Å². The molecular weight excluding hydrogens is 316 g/mol. The van der Waals surface area contributed by atoms with Crippen LogP contribution in [0.1, 0.15) is 12.0 Å². The zero-order valence-electron chi connectivity index (χ0n) is 11.1. The highest BCUT2D eigenvalue weighted by molar-refractivity contribution is 9.10. The molecule has 0 saturated heterocycles. The molecule has 0 heterocycles. The van der Waals surface area contributed by atoms with E-state index >= 15 is 0 Å². The van der Waals surface area contributed by atoms with Crippen LogP contribution in [0.5, 0.6) is 0 Å². The summed E-state index contributed by atoms with van der Waals surface area (Å²) in [5.41, 5.74) is 7.57. The molecule has 0 fully saturated rings. The van der Waals surface area contributed by atoms with Gasteiger partial charge < -0.3 is 11.1 Å². The van der Waals surface area contributed by atoms with E-state index < -0.39 is 0 Å². The second-order valence-corrected chi connectivity index (χ2v) is 5.55. The summed E-state index contributed by atoms with van der Waals surface area (Å²) in [6, 6.07) is 17.4. The molecular formula is C16H17BrN2O. The van der Waals surface area contributed by atoms with Crippen molar-refractivity contribution in [3.63, 3.8) is 0 Å². The van der Waals surface area contributed by atoms with Crippen LogP contribution in [0.2, 0.25) is 0 Å². The molecule has 1 amide bonds. The maximum Gasteiger partial charge on any atom is 0.239 e. The van der Waals surface area contributed by atoms with Crippen molar-refractivity contribution >= 4 is 27.5 Å². The van der Waals surface area contributed by atoms with E-state index in [2.05, 4.69) is 33.4 Å². The molecule has 0 bridgehead atoms. The minimum atomic E-state index is -0.364. The summed E-state index contributed by atoms with van der Waals surface area (Å²) in [7, 11) is 0. The van der Waals surface area contributed by atoms with Gasteiger partial charge in [-0.3, -0.25) is 4.79 Å². The maximum atomic E-state index is 11.5. The van der Waals surface area contributed by atoms with Gasteiger partial charge in [0.05, 0.1) is 0 Å². The molecule has 4 heteroatoms. The lowest BCUT2D eigenvalue weighted by Crippen LogP contribution is -2.35. The molecule has 3 N–H and O–H groups in total. The molecule has 0 aliphatic heterocycles. The van der Waals surface area contributed by atoms with Gasteiger partial charge in [-0.25, -0.2) is 0 Å². The SMILES string of the molecule is NC(=O)C(CCc1ccccc1)Nc1ccc(Br)cc1. The van der Waals surface area contributed by atoms with Crippen molar-refractivity contribution in [3.8, 4) is 0 Å². The molecule has 20 heavy (non-hydrogen) atoms. The quantitative estimate of drug-likeness (QED) is 0.852. The Morgan fingerprint density at radius 1 is 1.10 bits per heavy atom. The van der Waals surface area contributed by atoms with Crippen molar-refractivity contribution in [3.05, 3.63) is 64.6 Å². The molecule has 0 aliphatic carbocycles. The fourth-order valence-corrected chi connectivity index (χ4v) is 2.25. The van der Waals surface area contributed by atoms with Gasteiger partial charge in [-0.1, -0.05) is 46.3 Å². The number of rotatable bonds is 6. The Morgan fingerprint density at radius 2 is 1.75 bits per heavy atom. The Kier molecular flexibility index (Phi) is 5.18. The first-order valence-electron chi connectivity index (χ1n) is 6.50. The van der Waals surface area contributed by atoms with Crippen LogP contribution < -0.4 is 11.1 Å². The lowest BCUT2D eigenvalue weighted by Gasteiger charge is -2.16. The smallest absolute Gasteiger partial charge is 0.239 e. The molecule has 1 unspecified atom stereocenters. The second-order valence-electron chi connectivity index (χ2n) is 4.63. The summed E-state index contributed by atoms with van der Waals surface area (Å²) in [5.74, 6) is -0.330. The number of carbonyl (C=O) groups excluding carboxylic acids is 1. The van der Waals surface area contributed by atoms with Gasteiger partial charge in [0, 0.05) is 10.2 Å². The highest BCUT2D eigenvalue weighted by atomic mass is 79.9. The minimum Gasteiger partial charge on any atom is -0.374 e. The van der Waals surface area contributed by atoms with E-state index in [9.17, 15) is 4.79 Å². The van der Waals surface area contributed by atoms with Crippen molar-refractivity contribution in [2.24, 2.45) is 5.73 Å². The van der Waals surface area contributed by atoms with E-state index in [0.717, 1.165) is 16.6 Å². The fraction of sp³-hybridized carbons (Fsp3) is 0.188. The molecule has 1 atom stereocenters. The van der Waals surface area contributed by atoms with Gasteiger partial charge >= 0.3 is 0 Å². The number of halogens is 1. The molecule has 2 aromatic rings. The van der Waals surface area contributed by atoms with Gasteiger partial charge in [0.15, 0.2) is 0 Å². The van der Waals surface area contributed by atoms with Crippen LogP contribution in [-0.4, -0.2) is 11.9 Å². The summed E-state index contributed by atoms with van der Waals surface area (Å²) < 4.78 is 1.00. The van der Waals surface area contributed by atoms with Crippen molar-refractivity contribution in [2.45, 2.75) is 18.9 Å². The molecule has 0 saturated carbocycles. The van der Waals surface area contributed by atoms with Crippen molar-refractivity contribution in [1.82, 2.24) is 0 Å². The van der Waals surface area contributed by atoms with Crippen molar-refractivity contribution < 1.29 is 4.79 Å². The Balaban J connectivity index is 1.97. The van der Waals surface area contributed by atoms with E-state index in [4.69, 9.17) is 5.73 Å². The zero-order valence-corrected chi connectivity index (χ0v) is 12.6. The first-order chi connectivity index (χ1) is 9.65. The number of benzene rings is 2. The standard InChI is InChI=1S/C16H17BrN2O/c17-13-7-9-14(10-8-13)19-15(16(18)20)11-6-12-4-2-1-3-5-12/h1-5,7-10,15,19H,6,11H2,(H2,18,20). The molecule has 0 aromatic heterocycles. The van der Waals surface area contributed by atoms with E-state index in [0.29, 0.717) is 6.42 Å². The zero-order chi connectivity index (χ0) is 14.4. The summed E-state index contributed by atoms with van der Waals surface area (Å²) >= 11 is 3.38. The van der Waals surface area contributed by atoms with Crippen LogP contribution >= 0.6 is 15.9 Å². The van der Waals surface area contributed by atoms with Gasteiger partial charge in [0.25, 0.3) is 0 Å². The lowest BCUT2D eigenvalue weighted by atomic mass is 10.0. The monoisotopic (exact) mass is 332 g/mol. The summed E-state index contributed by atoms with van der Waals surface area (Å²) in [5, 5.41) is 3.18. The molecule has 0 aliphatic rings. The second kappa shape index (κ2) is 7.10. The number of hydrogen-bond donors (Lipinski definition) is 2. The third-order valence-electron chi connectivity index (χ3n) is 3.09. The fourth-order valence-electron chi connectivity index (χ4n) is 1.99. The van der Waals surface area contributed by atoms with Crippen molar-refractivity contribution in [1.29, 1.82) is 0 Å². The number of anilines is 1. The van der Waals surface area contributed by atoms with Crippen LogP contribution in [0, 0.1) is 0 Å². The van der Waals surface area contributed by atoms with Crippen LogP contribution in [0.25, 0.3) is 0 Å². The molecule has 3 nitrogen and oxygen atoms in total. The van der Waals surface area contributed by atoms with E-state index in [1.165, 1.54) is 5.56 Å². The van der Waals surface area contributed by atoms with E-state index in [1.807, 2.05) is 42.5 Å². The summed E-state index contributed by atoms with van der Waals surface area (Å²) in [6.07, 6.45) is 1.49. The Hall–Kier alpha value is -1.81. The van der Waals surface area contributed by atoms with Gasteiger partial charge in [-0.05, 0) is 42.7 Å². The maximum absolute atomic E-state index is 11.5. The number of primary amides is 1. The van der Waals surface area contributed by atoms with E-state index in [1.54, 1.807) is 0 Å². The average molecular weight is 333 g/mol. The minimum absolute atomic E-state index is 0.330. The number of nitrogens with one attached hydrogen (secondary N) is 1. The summed E-state index contributed by atoms with van der Waals surface area (Å²) in [6.45, 7) is 0. The normalized spacial score (nSPS) is 11.8. The lowest BCUT2D eigenvalue weighted by molar-refractivity contribution is -0.118. The first-order valence-corrected chi connectivity index (χ1v) is 7.30. The summed E-state index contributed by atoms with van der Waals surface area (Å²) in [4.78, 5) is 11.5. The number of aryl methyl sites for hydroxylation is 1. The van der Waals surface area contributed by atoms with Gasteiger partial charge in [-0.2, -0.15) is 0 Å². The van der Waals surface area contributed by atoms with Crippen LogP contribution in [-0.2, 0) is 11.2 Å². The average Bonchev–Trinajstić information content (AvgIpc) is 2.46. The van der Waals surface area contributed by atoms with Crippen LogP contribution in [0.4, 0.5) is 5.69 Å². The Labute approximate surface area is 127 Å². The molecule has 2 rings (SSSR count). The number of amides is 1. The number of hydrogen-bond acceptors (Lipinski definition) is 2. The van der Waals surface area contributed by atoms with Crippen molar-refractivity contribution in [2.75, 3.05) is 5.32 Å². The Morgan fingerprint density at radius 3 is 2.35 bits per heavy atom.